The number of hydrazine groups is 1. The van der Waals surface area contributed by atoms with E-state index in [1.165, 1.54) is 19.2 Å². The fraction of sp³-hybridized carbons (Fsp3) is 0.370. The van der Waals surface area contributed by atoms with Crippen LogP contribution in [-0.2, 0) is 4.79 Å². The Morgan fingerprint density at radius 2 is 1.83 bits per heavy atom. The van der Waals surface area contributed by atoms with E-state index in [-0.39, 0.29) is 18.1 Å². The molecule has 2 aromatic carbocycles. The first-order valence-electron chi connectivity index (χ1n) is 12.4. The highest BCUT2D eigenvalue weighted by Crippen LogP contribution is 2.36. The first kappa shape index (κ1) is 21.9. The van der Waals surface area contributed by atoms with Crippen molar-refractivity contribution in [3.63, 3.8) is 0 Å². The topological polar surface area (TPSA) is 95.5 Å². The van der Waals surface area contributed by atoms with Crippen LogP contribution in [0.1, 0.15) is 37.7 Å². The lowest BCUT2D eigenvalue weighted by atomic mass is 10.0. The molecule has 4 aliphatic rings. The predicted octanol–water partition coefficient (Wildman–Crippen LogP) is 3.53. The van der Waals surface area contributed by atoms with Gasteiger partial charge in [0.25, 0.3) is 0 Å². The first-order chi connectivity index (χ1) is 17.2. The minimum atomic E-state index is -0.258. The molecule has 3 heterocycles. The molecule has 1 aliphatic carbocycles. The quantitative estimate of drug-likeness (QED) is 0.674. The standard InChI is InChI=1S/C27H30N6O2/c28-26-24-25(19-10-12-22(13-11-19)35-21-6-2-1-3-7-21)31-33(27(24)30-17-29-26)20-5-4-14-32(16-20)23(34)15-18-8-9-18/h1-3,6-7,10-13,17-18,20,27,31H,4-5,8-9,14-16H2,(H2,28,29,30). The van der Waals surface area contributed by atoms with Crippen molar-refractivity contribution in [2.24, 2.45) is 21.6 Å². The molecule has 2 atom stereocenters. The number of carbonyl (C=O) groups is 1. The monoisotopic (exact) mass is 470 g/mol. The van der Waals surface area contributed by atoms with Gasteiger partial charge in [0.05, 0.1) is 11.3 Å². The summed E-state index contributed by atoms with van der Waals surface area (Å²) in [5, 5.41) is 2.16. The van der Waals surface area contributed by atoms with Gasteiger partial charge in [-0.3, -0.25) is 4.79 Å². The van der Waals surface area contributed by atoms with Gasteiger partial charge in [-0.25, -0.2) is 9.98 Å². The van der Waals surface area contributed by atoms with Crippen LogP contribution < -0.4 is 15.9 Å². The third-order valence-electron chi connectivity index (χ3n) is 7.14. The van der Waals surface area contributed by atoms with E-state index >= 15 is 0 Å². The lowest BCUT2D eigenvalue weighted by Gasteiger charge is -2.39. The number of amides is 1. The number of benzene rings is 2. The Bertz CT molecular complexity index is 1190. The maximum atomic E-state index is 12.8. The summed E-state index contributed by atoms with van der Waals surface area (Å²) < 4.78 is 5.95. The number of hydrogen-bond acceptors (Lipinski definition) is 7. The molecule has 0 spiro atoms. The number of piperidine rings is 1. The van der Waals surface area contributed by atoms with Crippen LogP contribution in [0.3, 0.4) is 0 Å². The molecule has 8 nitrogen and oxygen atoms in total. The van der Waals surface area contributed by atoms with Gasteiger partial charge < -0.3 is 20.8 Å². The number of amidine groups is 1. The maximum Gasteiger partial charge on any atom is 0.222 e. The van der Waals surface area contributed by atoms with E-state index in [4.69, 9.17) is 10.5 Å². The van der Waals surface area contributed by atoms with Crippen molar-refractivity contribution in [3.8, 4) is 11.5 Å². The number of rotatable bonds is 6. The van der Waals surface area contributed by atoms with E-state index in [1.807, 2.05) is 59.5 Å². The van der Waals surface area contributed by atoms with Gasteiger partial charge in [-0.1, -0.05) is 18.2 Å². The Kier molecular flexibility index (Phi) is 5.74. The van der Waals surface area contributed by atoms with Crippen molar-refractivity contribution in [3.05, 3.63) is 65.7 Å². The number of nitrogens with two attached hydrogens (primary N) is 1. The van der Waals surface area contributed by atoms with Crippen LogP contribution in [0.25, 0.3) is 5.70 Å². The van der Waals surface area contributed by atoms with Gasteiger partial charge in [0.15, 0.2) is 6.17 Å². The Morgan fingerprint density at radius 1 is 1.06 bits per heavy atom. The molecule has 1 saturated carbocycles. The van der Waals surface area contributed by atoms with Crippen LogP contribution in [0.4, 0.5) is 0 Å². The number of para-hydroxylation sites is 1. The Balaban J connectivity index is 1.21. The second kappa shape index (κ2) is 9.19. The molecule has 6 rings (SSSR count). The molecular weight excluding hydrogens is 440 g/mol. The van der Waals surface area contributed by atoms with E-state index in [9.17, 15) is 4.79 Å². The van der Waals surface area contributed by atoms with Gasteiger partial charge in [0.1, 0.15) is 23.7 Å². The van der Waals surface area contributed by atoms with E-state index in [0.717, 1.165) is 47.7 Å². The van der Waals surface area contributed by atoms with E-state index in [1.54, 1.807) is 0 Å². The van der Waals surface area contributed by atoms with Gasteiger partial charge in [0.2, 0.25) is 5.91 Å². The molecule has 35 heavy (non-hydrogen) atoms. The number of ether oxygens (including phenoxy) is 1. The molecule has 0 aromatic heterocycles. The number of fused-ring (bicyclic) bond motifs is 1. The molecular formula is C27H30N6O2. The number of hydrogen-bond donors (Lipinski definition) is 2. The summed E-state index contributed by atoms with van der Waals surface area (Å²) in [4.78, 5) is 23.8. The normalized spacial score (nSPS) is 24.1. The molecule has 180 valence electrons. The fourth-order valence-corrected chi connectivity index (χ4v) is 5.09. The summed E-state index contributed by atoms with van der Waals surface area (Å²) >= 11 is 0. The molecule has 1 amide bonds. The van der Waals surface area contributed by atoms with Crippen molar-refractivity contribution in [2.75, 3.05) is 13.1 Å². The fourth-order valence-electron chi connectivity index (χ4n) is 5.09. The highest BCUT2D eigenvalue weighted by molar-refractivity contribution is 6.09. The summed E-state index contributed by atoms with van der Waals surface area (Å²) in [5.74, 6) is 2.91. The van der Waals surface area contributed by atoms with Crippen LogP contribution in [0.2, 0.25) is 0 Å². The van der Waals surface area contributed by atoms with E-state index in [2.05, 4.69) is 20.4 Å². The van der Waals surface area contributed by atoms with Crippen LogP contribution in [-0.4, -0.2) is 53.3 Å². The first-order valence-corrected chi connectivity index (χ1v) is 12.4. The van der Waals surface area contributed by atoms with Crippen LogP contribution in [0.5, 0.6) is 11.5 Å². The van der Waals surface area contributed by atoms with E-state index < -0.39 is 0 Å². The number of carbonyl (C=O) groups excluding carboxylic acids is 1. The smallest absolute Gasteiger partial charge is 0.222 e. The number of nitrogens with one attached hydrogen (secondary N) is 1. The van der Waals surface area contributed by atoms with E-state index in [0.29, 0.717) is 24.7 Å². The van der Waals surface area contributed by atoms with Gasteiger partial charge in [0, 0.05) is 25.6 Å². The molecule has 2 unspecified atom stereocenters. The molecule has 2 fully saturated rings. The molecule has 0 bridgehead atoms. The van der Waals surface area contributed by atoms with Crippen molar-refractivity contribution >= 4 is 23.8 Å². The summed E-state index contributed by atoms with van der Waals surface area (Å²) in [6.45, 7) is 1.54. The second-order valence-corrected chi connectivity index (χ2v) is 9.68. The van der Waals surface area contributed by atoms with Crippen molar-refractivity contribution in [2.45, 2.75) is 44.3 Å². The zero-order valence-corrected chi connectivity index (χ0v) is 19.6. The molecule has 3 N–H and O–H groups in total. The predicted molar refractivity (Wildman–Crippen MR) is 136 cm³/mol. The number of nitrogens with zero attached hydrogens (tertiary/aromatic N) is 4. The van der Waals surface area contributed by atoms with Crippen molar-refractivity contribution in [1.82, 2.24) is 15.3 Å². The van der Waals surface area contributed by atoms with Gasteiger partial charge in [-0.15, -0.1) is 0 Å². The molecule has 1 saturated heterocycles. The Labute approximate surface area is 205 Å². The Hall–Kier alpha value is -3.65. The molecule has 2 aromatic rings. The molecule has 8 heteroatoms. The summed E-state index contributed by atoms with van der Waals surface area (Å²) in [6.07, 6.45) is 6.33. The maximum absolute atomic E-state index is 12.8. The lowest BCUT2D eigenvalue weighted by molar-refractivity contribution is -0.134. The molecule has 0 radical (unpaired) electrons. The highest BCUT2D eigenvalue weighted by Gasteiger charge is 2.42. The Morgan fingerprint density at radius 3 is 2.60 bits per heavy atom. The number of likely N-dealkylation sites (tertiary alicyclic amines) is 1. The largest absolute Gasteiger partial charge is 0.457 e. The summed E-state index contributed by atoms with van der Waals surface area (Å²) in [6, 6.07) is 17.8. The van der Waals surface area contributed by atoms with Crippen LogP contribution >= 0.6 is 0 Å². The third kappa shape index (κ3) is 4.53. The minimum Gasteiger partial charge on any atom is -0.457 e. The van der Waals surface area contributed by atoms with Gasteiger partial charge >= 0.3 is 0 Å². The lowest BCUT2D eigenvalue weighted by Crippen LogP contribution is -2.55. The van der Waals surface area contributed by atoms with Crippen molar-refractivity contribution < 1.29 is 9.53 Å². The summed E-state index contributed by atoms with van der Waals surface area (Å²) in [5.41, 5.74) is 12.7. The molecule has 3 aliphatic heterocycles. The average molecular weight is 471 g/mol. The van der Waals surface area contributed by atoms with Crippen molar-refractivity contribution in [1.29, 1.82) is 0 Å². The van der Waals surface area contributed by atoms with Crippen LogP contribution in [0, 0.1) is 5.92 Å². The highest BCUT2D eigenvalue weighted by atomic mass is 16.5. The summed E-state index contributed by atoms with van der Waals surface area (Å²) in [7, 11) is 0. The van der Waals surface area contributed by atoms with Gasteiger partial charge in [-0.05, 0) is 73.6 Å². The minimum absolute atomic E-state index is 0.146. The zero-order chi connectivity index (χ0) is 23.8. The zero-order valence-electron chi connectivity index (χ0n) is 19.6. The third-order valence-corrected chi connectivity index (χ3v) is 7.14. The second-order valence-electron chi connectivity index (χ2n) is 9.68. The number of aliphatic imine (C=N–C) groups is 2. The SMILES string of the molecule is NC1=NC=NC2C1=C(c1ccc(Oc3ccccc3)cc1)NN2C1CCCN(C(=O)CC2CC2)C1. The average Bonchev–Trinajstić information content (AvgIpc) is 3.62. The van der Waals surface area contributed by atoms with Gasteiger partial charge in [-0.2, -0.15) is 5.01 Å². The van der Waals surface area contributed by atoms with Crippen LogP contribution in [0.15, 0.2) is 70.2 Å².